The lowest BCUT2D eigenvalue weighted by atomic mass is 10.4. The lowest BCUT2D eigenvalue weighted by Crippen LogP contribution is -2.03. The molecule has 1 aromatic rings. The Kier molecular flexibility index (Phi) is 2.31. The van der Waals surface area contributed by atoms with Crippen molar-refractivity contribution < 1.29 is 8.42 Å². The maximum Gasteiger partial charge on any atom is 0.319 e. The largest absolute Gasteiger partial charge is 0.319 e. The van der Waals surface area contributed by atoms with E-state index in [1.165, 1.54) is 24.5 Å². The Morgan fingerprint density at radius 1 is 1.36 bits per heavy atom. The zero-order chi connectivity index (χ0) is 8.32. The minimum absolute atomic E-state index is 0.398. The standard InChI is InChI=1S/C5H5ClN2O2S/c6-11(9,10)8-5-1-3-7-4-2-5/h1-4H,(H,7,8). The number of nitrogens with zero attached hydrogens (tertiary/aromatic N) is 1. The lowest BCUT2D eigenvalue weighted by Gasteiger charge is -1.98. The van der Waals surface area contributed by atoms with E-state index in [1.54, 1.807) is 0 Å². The van der Waals surface area contributed by atoms with Crippen molar-refractivity contribution in [1.29, 1.82) is 0 Å². The van der Waals surface area contributed by atoms with Crippen LogP contribution in [0.2, 0.25) is 0 Å². The van der Waals surface area contributed by atoms with Crippen LogP contribution in [-0.2, 0) is 9.24 Å². The fourth-order valence-electron chi connectivity index (χ4n) is 0.561. The molecule has 11 heavy (non-hydrogen) atoms. The Balaban J connectivity index is 2.82. The van der Waals surface area contributed by atoms with Crippen LogP contribution in [0.25, 0.3) is 0 Å². The van der Waals surface area contributed by atoms with Gasteiger partial charge in [0.25, 0.3) is 0 Å². The van der Waals surface area contributed by atoms with Gasteiger partial charge in [0.05, 0.1) is 5.69 Å². The lowest BCUT2D eigenvalue weighted by molar-refractivity contribution is 0.614. The zero-order valence-corrected chi connectivity index (χ0v) is 6.93. The van der Waals surface area contributed by atoms with Gasteiger partial charge >= 0.3 is 9.24 Å². The van der Waals surface area contributed by atoms with Gasteiger partial charge in [-0.2, -0.15) is 8.42 Å². The molecule has 1 rings (SSSR count). The fraction of sp³-hybridized carbons (Fsp3) is 0. The monoisotopic (exact) mass is 192 g/mol. The van der Waals surface area contributed by atoms with Crippen LogP contribution in [0.3, 0.4) is 0 Å². The molecule has 0 atom stereocenters. The second-order valence-electron chi connectivity index (χ2n) is 1.78. The molecule has 0 spiro atoms. The van der Waals surface area contributed by atoms with Crippen molar-refractivity contribution in [2.24, 2.45) is 0 Å². The highest BCUT2D eigenvalue weighted by atomic mass is 35.7. The highest BCUT2D eigenvalue weighted by molar-refractivity contribution is 8.14. The molecule has 0 radical (unpaired) electrons. The van der Waals surface area contributed by atoms with Gasteiger partial charge in [-0.05, 0) is 12.1 Å². The third-order valence-corrected chi connectivity index (χ3v) is 1.63. The number of hydrogen-bond donors (Lipinski definition) is 1. The molecule has 0 aliphatic carbocycles. The highest BCUT2D eigenvalue weighted by Gasteiger charge is 2.02. The van der Waals surface area contributed by atoms with Gasteiger partial charge in [0.2, 0.25) is 0 Å². The van der Waals surface area contributed by atoms with Crippen molar-refractivity contribution >= 4 is 25.6 Å². The quantitative estimate of drug-likeness (QED) is 0.711. The third-order valence-electron chi connectivity index (χ3n) is 0.920. The molecular weight excluding hydrogens is 188 g/mol. The minimum Gasteiger partial charge on any atom is -0.271 e. The molecule has 0 aliphatic heterocycles. The van der Waals surface area contributed by atoms with Crippen LogP contribution >= 0.6 is 10.7 Å². The van der Waals surface area contributed by atoms with E-state index in [1.807, 2.05) is 0 Å². The Hall–Kier alpha value is -0.810. The van der Waals surface area contributed by atoms with E-state index in [-0.39, 0.29) is 0 Å². The van der Waals surface area contributed by atoms with E-state index in [0.29, 0.717) is 5.69 Å². The Labute approximate surface area is 68.8 Å². The molecule has 0 fully saturated rings. The average molecular weight is 193 g/mol. The number of aromatic nitrogens is 1. The van der Waals surface area contributed by atoms with Crippen LogP contribution in [0.15, 0.2) is 24.5 Å². The third kappa shape index (κ3) is 3.20. The molecule has 1 N–H and O–H groups in total. The molecule has 0 amide bonds. The van der Waals surface area contributed by atoms with E-state index < -0.39 is 9.24 Å². The SMILES string of the molecule is O=S(=O)(Cl)Nc1ccncc1. The number of anilines is 1. The molecule has 1 heterocycles. The summed E-state index contributed by atoms with van der Waals surface area (Å²) in [6, 6.07) is 3.00. The number of hydrogen-bond acceptors (Lipinski definition) is 3. The molecule has 0 unspecified atom stereocenters. The predicted octanol–water partition coefficient (Wildman–Crippen LogP) is 0.977. The van der Waals surface area contributed by atoms with E-state index in [0.717, 1.165) is 0 Å². The van der Waals surface area contributed by atoms with Crippen LogP contribution < -0.4 is 4.72 Å². The topological polar surface area (TPSA) is 59.1 Å². The Morgan fingerprint density at radius 2 is 1.91 bits per heavy atom. The van der Waals surface area contributed by atoms with Gasteiger partial charge in [-0.1, -0.05) is 0 Å². The van der Waals surface area contributed by atoms with E-state index in [9.17, 15) is 8.42 Å². The molecular formula is C5H5ClN2O2S. The number of pyridine rings is 1. The normalized spacial score (nSPS) is 11.0. The number of halogens is 1. The summed E-state index contributed by atoms with van der Waals surface area (Å²) >= 11 is 0. The van der Waals surface area contributed by atoms with Gasteiger partial charge in [-0.3, -0.25) is 9.71 Å². The summed E-state index contributed by atoms with van der Waals surface area (Å²) < 4.78 is 22.9. The van der Waals surface area contributed by atoms with Gasteiger partial charge in [-0.15, -0.1) is 0 Å². The molecule has 60 valence electrons. The molecule has 0 saturated heterocycles. The molecule has 6 heteroatoms. The molecule has 4 nitrogen and oxygen atoms in total. The number of nitrogens with one attached hydrogen (secondary N) is 1. The van der Waals surface area contributed by atoms with Crippen LogP contribution in [-0.4, -0.2) is 13.4 Å². The molecule has 0 saturated carbocycles. The molecule has 0 aliphatic rings. The van der Waals surface area contributed by atoms with Crippen LogP contribution in [0.4, 0.5) is 5.69 Å². The minimum atomic E-state index is -3.68. The average Bonchev–Trinajstić information content (AvgIpc) is 1.85. The summed E-state index contributed by atoms with van der Waals surface area (Å²) in [5.74, 6) is 0. The van der Waals surface area contributed by atoms with E-state index in [4.69, 9.17) is 10.7 Å². The molecule has 1 aromatic heterocycles. The van der Waals surface area contributed by atoms with Crippen molar-refractivity contribution in [3.8, 4) is 0 Å². The summed E-state index contributed by atoms with van der Waals surface area (Å²) in [5, 5.41) is 0. The first-order chi connectivity index (χ1) is 5.08. The Bertz CT molecular complexity index is 324. The van der Waals surface area contributed by atoms with Gasteiger partial charge in [-0.25, -0.2) is 0 Å². The summed E-state index contributed by atoms with van der Waals surface area (Å²) in [4.78, 5) is 3.70. The van der Waals surface area contributed by atoms with Gasteiger partial charge in [0.15, 0.2) is 0 Å². The second-order valence-corrected chi connectivity index (χ2v) is 4.07. The van der Waals surface area contributed by atoms with Crippen molar-refractivity contribution in [2.75, 3.05) is 4.72 Å². The molecule has 0 aromatic carbocycles. The summed E-state index contributed by atoms with van der Waals surface area (Å²) in [6.07, 6.45) is 2.93. The fourth-order valence-corrected chi connectivity index (χ4v) is 1.25. The first-order valence-electron chi connectivity index (χ1n) is 2.70. The Morgan fingerprint density at radius 3 is 2.36 bits per heavy atom. The number of rotatable bonds is 2. The van der Waals surface area contributed by atoms with Crippen LogP contribution in [0, 0.1) is 0 Å². The predicted molar refractivity (Wildman–Crippen MR) is 42.6 cm³/mol. The smallest absolute Gasteiger partial charge is 0.271 e. The van der Waals surface area contributed by atoms with E-state index in [2.05, 4.69) is 9.71 Å². The summed E-state index contributed by atoms with van der Waals surface area (Å²) in [5.41, 5.74) is 0.398. The van der Waals surface area contributed by atoms with Crippen molar-refractivity contribution in [2.45, 2.75) is 0 Å². The summed E-state index contributed by atoms with van der Waals surface area (Å²) in [7, 11) is 1.23. The first-order valence-corrected chi connectivity index (χ1v) is 5.01. The van der Waals surface area contributed by atoms with Gasteiger partial charge < -0.3 is 0 Å². The van der Waals surface area contributed by atoms with Gasteiger partial charge in [0, 0.05) is 23.1 Å². The zero-order valence-electron chi connectivity index (χ0n) is 5.36. The summed E-state index contributed by atoms with van der Waals surface area (Å²) in [6.45, 7) is 0. The van der Waals surface area contributed by atoms with E-state index >= 15 is 0 Å². The highest BCUT2D eigenvalue weighted by Crippen LogP contribution is 2.07. The van der Waals surface area contributed by atoms with Crippen LogP contribution in [0.5, 0.6) is 0 Å². The second kappa shape index (κ2) is 3.06. The van der Waals surface area contributed by atoms with Gasteiger partial charge in [0.1, 0.15) is 0 Å². The maximum atomic E-state index is 10.4. The van der Waals surface area contributed by atoms with Crippen molar-refractivity contribution in [1.82, 2.24) is 4.98 Å². The van der Waals surface area contributed by atoms with Crippen molar-refractivity contribution in [3.63, 3.8) is 0 Å². The molecule has 0 bridgehead atoms. The van der Waals surface area contributed by atoms with Crippen LogP contribution in [0.1, 0.15) is 0 Å². The first kappa shape index (κ1) is 8.29. The van der Waals surface area contributed by atoms with Crippen molar-refractivity contribution in [3.05, 3.63) is 24.5 Å². The maximum absolute atomic E-state index is 10.4.